The highest BCUT2D eigenvalue weighted by Gasteiger charge is 2.10. The minimum atomic E-state index is -3.12. The topological polar surface area (TPSA) is 75.0 Å². The van der Waals surface area contributed by atoms with Gasteiger partial charge in [0.2, 0.25) is 0 Å². The third-order valence-corrected chi connectivity index (χ3v) is 3.25. The highest BCUT2D eigenvalue weighted by Crippen LogP contribution is 1.99. The Morgan fingerprint density at radius 2 is 2.00 bits per heavy atom. The Hall–Kier alpha value is -0.890. The molecule has 0 N–H and O–H groups in total. The first kappa shape index (κ1) is 12.1. The Kier molecular flexibility index (Phi) is 5.31. The van der Waals surface area contributed by atoms with E-state index in [4.69, 9.17) is 5.26 Å². The molecule has 0 aromatic carbocycles. The largest absolute Gasteiger partial charge is 0.300 e. The number of carbonyl (C=O) groups is 1. The van der Waals surface area contributed by atoms with Crippen molar-refractivity contribution in [1.82, 2.24) is 0 Å². The third-order valence-electron chi connectivity index (χ3n) is 1.51. The predicted octanol–water partition coefficient (Wildman–Crippen LogP) is 0.684. The lowest BCUT2D eigenvalue weighted by atomic mass is 10.4. The first-order valence-corrected chi connectivity index (χ1v) is 5.87. The van der Waals surface area contributed by atoms with E-state index in [1.54, 1.807) is 0 Å². The summed E-state index contributed by atoms with van der Waals surface area (Å²) in [5.74, 6) is -0.203. The smallest absolute Gasteiger partial charge is 0.150 e. The van der Waals surface area contributed by atoms with Crippen LogP contribution in [0.15, 0.2) is 0 Å². The second kappa shape index (κ2) is 5.70. The second-order valence-electron chi connectivity index (χ2n) is 2.87. The number of Topliss-reactive ketones (excluding diaryl/α,β-unsaturated/α-hetero) is 1. The maximum atomic E-state index is 11.1. The molecule has 5 heteroatoms. The van der Waals surface area contributed by atoms with Crippen molar-refractivity contribution < 1.29 is 13.2 Å². The number of ketones is 1. The van der Waals surface area contributed by atoms with Gasteiger partial charge in [-0.3, -0.25) is 4.79 Å². The highest BCUT2D eigenvalue weighted by atomic mass is 32.2. The molecule has 0 atom stereocenters. The summed E-state index contributed by atoms with van der Waals surface area (Å²) in [5, 5.41) is 8.18. The predicted molar refractivity (Wildman–Crippen MR) is 48.8 cm³/mol. The fourth-order valence-corrected chi connectivity index (χ4v) is 2.16. The molecule has 0 saturated heterocycles. The van der Waals surface area contributed by atoms with E-state index in [-0.39, 0.29) is 30.1 Å². The first-order valence-electron chi connectivity index (χ1n) is 4.05. The van der Waals surface area contributed by atoms with Crippen LogP contribution in [-0.4, -0.2) is 25.7 Å². The van der Waals surface area contributed by atoms with Crippen molar-refractivity contribution in [2.75, 3.05) is 11.5 Å². The van der Waals surface area contributed by atoms with Crippen LogP contribution in [0, 0.1) is 11.3 Å². The molecule has 0 amide bonds. The van der Waals surface area contributed by atoms with Crippen molar-refractivity contribution in [2.45, 2.75) is 26.2 Å². The average molecular weight is 203 g/mol. The Morgan fingerprint density at radius 1 is 1.38 bits per heavy atom. The van der Waals surface area contributed by atoms with E-state index >= 15 is 0 Å². The molecule has 0 unspecified atom stereocenters. The van der Waals surface area contributed by atoms with Crippen LogP contribution >= 0.6 is 0 Å². The van der Waals surface area contributed by atoms with Crippen LogP contribution in [0.3, 0.4) is 0 Å². The monoisotopic (exact) mass is 203 g/mol. The molecule has 0 fully saturated rings. The minimum Gasteiger partial charge on any atom is -0.300 e. The number of carbonyl (C=O) groups excluding carboxylic acids is 1. The van der Waals surface area contributed by atoms with Crippen molar-refractivity contribution in [3.05, 3.63) is 0 Å². The third kappa shape index (κ3) is 7.47. The molecule has 0 aromatic heterocycles. The molecule has 0 rings (SSSR count). The maximum Gasteiger partial charge on any atom is 0.150 e. The van der Waals surface area contributed by atoms with Crippen molar-refractivity contribution in [3.63, 3.8) is 0 Å². The Labute approximate surface area is 78.5 Å². The summed E-state index contributed by atoms with van der Waals surface area (Å²) in [4.78, 5) is 10.5. The molecular formula is C8H13NO3S. The Morgan fingerprint density at radius 3 is 2.46 bits per heavy atom. The summed E-state index contributed by atoms with van der Waals surface area (Å²) < 4.78 is 22.3. The zero-order chi connectivity index (χ0) is 10.3. The minimum absolute atomic E-state index is 0.00778. The first-order chi connectivity index (χ1) is 5.98. The molecule has 74 valence electrons. The van der Waals surface area contributed by atoms with Crippen LogP contribution in [-0.2, 0) is 14.6 Å². The van der Waals surface area contributed by atoms with Gasteiger partial charge in [0.25, 0.3) is 0 Å². The van der Waals surface area contributed by atoms with E-state index in [9.17, 15) is 13.2 Å². The lowest BCUT2D eigenvalue weighted by Gasteiger charge is -1.99. The average Bonchev–Trinajstić information content (AvgIpc) is 2.02. The number of sulfone groups is 1. The van der Waals surface area contributed by atoms with Gasteiger partial charge in [-0.25, -0.2) is 8.42 Å². The number of nitriles is 1. The fraction of sp³-hybridized carbons (Fsp3) is 0.750. The molecule has 0 bridgehead atoms. The number of hydrogen-bond acceptors (Lipinski definition) is 4. The number of nitrogens with zero attached hydrogens (tertiary/aromatic N) is 1. The van der Waals surface area contributed by atoms with E-state index < -0.39 is 9.84 Å². The summed E-state index contributed by atoms with van der Waals surface area (Å²) in [7, 11) is -3.12. The van der Waals surface area contributed by atoms with Gasteiger partial charge < -0.3 is 0 Å². The zero-order valence-corrected chi connectivity index (χ0v) is 8.43. The van der Waals surface area contributed by atoms with Crippen LogP contribution < -0.4 is 0 Å². The van der Waals surface area contributed by atoms with Crippen LogP contribution in [0.5, 0.6) is 0 Å². The van der Waals surface area contributed by atoms with E-state index in [0.717, 1.165) is 0 Å². The molecule has 0 aromatic rings. The molecular weight excluding hydrogens is 190 g/mol. The Balaban J connectivity index is 3.82. The standard InChI is InChI=1S/C8H13NO3S/c1-8(10)4-7-13(11,12)6-3-2-5-9/h2-4,6-7H2,1H3. The van der Waals surface area contributed by atoms with Crippen LogP contribution in [0.25, 0.3) is 0 Å². The zero-order valence-electron chi connectivity index (χ0n) is 7.62. The van der Waals surface area contributed by atoms with Gasteiger partial charge >= 0.3 is 0 Å². The molecule has 4 nitrogen and oxygen atoms in total. The number of rotatable bonds is 6. The van der Waals surface area contributed by atoms with Gasteiger partial charge in [-0.15, -0.1) is 0 Å². The van der Waals surface area contributed by atoms with E-state index in [2.05, 4.69) is 0 Å². The molecule has 0 aliphatic rings. The van der Waals surface area contributed by atoms with Gasteiger partial charge in [0.15, 0.2) is 9.84 Å². The molecule has 13 heavy (non-hydrogen) atoms. The van der Waals surface area contributed by atoms with Crippen molar-refractivity contribution >= 4 is 15.6 Å². The summed E-state index contributed by atoms with van der Waals surface area (Å²) in [5.41, 5.74) is 0. The van der Waals surface area contributed by atoms with Gasteiger partial charge in [-0.1, -0.05) is 0 Å². The lowest BCUT2D eigenvalue weighted by molar-refractivity contribution is -0.116. The van der Waals surface area contributed by atoms with Crippen LogP contribution in [0.1, 0.15) is 26.2 Å². The van der Waals surface area contributed by atoms with Gasteiger partial charge in [0.05, 0.1) is 17.6 Å². The number of unbranched alkanes of at least 4 members (excludes halogenated alkanes) is 1. The Bertz CT molecular complexity index is 300. The lowest BCUT2D eigenvalue weighted by Crippen LogP contribution is -2.13. The molecule has 0 heterocycles. The van der Waals surface area contributed by atoms with Crippen LogP contribution in [0.4, 0.5) is 0 Å². The molecule has 0 aliphatic carbocycles. The number of hydrogen-bond donors (Lipinski definition) is 0. The van der Waals surface area contributed by atoms with Crippen molar-refractivity contribution in [1.29, 1.82) is 5.26 Å². The molecule has 0 spiro atoms. The highest BCUT2D eigenvalue weighted by molar-refractivity contribution is 7.91. The van der Waals surface area contributed by atoms with Crippen molar-refractivity contribution in [2.24, 2.45) is 0 Å². The van der Waals surface area contributed by atoms with E-state index in [0.29, 0.717) is 6.42 Å². The van der Waals surface area contributed by atoms with E-state index in [1.165, 1.54) is 6.92 Å². The van der Waals surface area contributed by atoms with Gasteiger partial charge in [0, 0.05) is 12.8 Å². The summed E-state index contributed by atoms with van der Waals surface area (Å²) in [6.45, 7) is 1.37. The summed E-state index contributed by atoms with van der Waals surface area (Å²) >= 11 is 0. The molecule has 0 aliphatic heterocycles. The van der Waals surface area contributed by atoms with Gasteiger partial charge in [-0.05, 0) is 13.3 Å². The SMILES string of the molecule is CC(=O)CCS(=O)(=O)CCCC#N. The maximum absolute atomic E-state index is 11.1. The normalized spacial score (nSPS) is 10.8. The van der Waals surface area contributed by atoms with Crippen LogP contribution in [0.2, 0.25) is 0 Å². The van der Waals surface area contributed by atoms with Gasteiger partial charge in [-0.2, -0.15) is 5.26 Å². The van der Waals surface area contributed by atoms with Crippen molar-refractivity contribution in [3.8, 4) is 6.07 Å². The van der Waals surface area contributed by atoms with Gasteiger partial charge in [0.1, 0.15) is 5.78 Å². The molecule has 0 saturated carbocycles. The summed E-state index contributed by atoms with van der Waals surface area (Å²) in [6.07, 6.45) is 0.685. The second-order valence-corrected chi connectivity index (χ2v) is 5.17. The van der Waals surface area contributed by atoms with E-state index in [1.807, 2.05) is 6.07 Å². The molecule has 0 radical (unpaired) electrons. The quantitative estimate of drug-likeness (QED) is 0.595. The summed E-state index contributed by atoms with van der Waals surface area (Å²) in [6, 6.07) is 1.87. The fourth-order valence-electron chi connectivity index (χ4n) is 0.772.